The molecule has 1 aliphatic rings. The maximum Gasteiger partial charge on any atom is 0.410 e. The van der Waals surface area contributed by atoms with Crippen LogP contribution in [0.5, 0.6) is 0 Å². The van der Waals surface area contributed by atoms with Gasteiger partial charge in [0.25, 0.3) is 0 Å². The number of nitrogens with one attached hydrogen (secondary N) is 1. The van der Waals surface area contributed by atoms with Gasteiger partial charge in [0.15, 0.2) is 14.9 Å². The van der Waals surface area contributed by atoms with Crippen LogP contribution in [0, 0.1) is 0 Å². The lowest BCUT2D eigenvalue weighted by Crippen LogP contribution is -2.36. The third-order valence-corrected chi connectivity index (χ3v) is 5.97. The first-order chi connectivity index (χ1) is 11.8. The van der Waals surface area contributed by atoms with Crippen molar-refractivity contribution in [2.24, 2.45) is 5.10 Å². The number of benzene rings is 1. The lowest BCUT2D eigenvalue weighted by Gasteiger charge is -2.13. The molecule has 12 heteroatoms. The largest absolute Gasteiger partial charge is 0.410 e. The monoisotopic (exact) mass is 430 g/mol. The van der Waals surface area contributed by atoms with E-state index in [1.165, 1.54) is 24.3 Å². The second kappa shape index (κ2) is 8.23. The van der Waals surface area contributed by atoms with Crippen molar-refractivity contribution in [1.82, 2.24) is 5.43 Å². The van der Waals surface area contributed by atoms with Crippen LogP contribution in [-0.2, 0) is 19.7 Å². The Morgan fingerprint density at radius 3 is 1.96 bits per heavy atom. The van der Waals surface area contributed by atoms with Gasteiger partial charge in [0.1, 0.15) is 6.04 Å². The van der Waals surface area contributed by atoms with Crippen LogP contribution >= 0.6 is 11.6 Å². The summed E-state index contributed by atoms with van der Waals surface area (Å²) in [5.74, 6) is 0. The Morgan fingerprint density at radius 2 is 1.62 bits per heavy atom. The molecule has 0 saturated carbocycles. The molecule has 1 aromatic rings. The van der Waals surface area contributed by atoms with Gasteiger partial charge in [0.2, 0.25) is 9.84 Å². The highest BCUT2D eigenvalue weighted by molar-refractivity contribution is 8.06. The van der Waals surface area contributed by atoms with Crippen LogP contribution in [0.1, 0.15) is 6.42 Å². The molecule has 1 aromatic carbocycles. The molecule has 1 atom stereocenters. The average Bonchev–Trinajstić information content (AvgIpc) is 3.07. The van der Waals surface area contributed by atoms with Crippen LogP contribution in [0.3, 0.4) is 0 Å². The Hall–Kier alpha value is -1.85. The number of hydrogen-bond acceptors (Lipinski definition) is 6. The smallest absolute Gasteiger partial charge is 0.296 e. The molecule has 0 radical (unpaired) electrons. The van der Waals surface area contributed by atoms with Crippen molar-refractivity contribution in [1.29, 1.82) is 0 Å². The average molecular weight is 431 g/mol. The molecular formula is C14H14ClF3N2O4S2. The number of halogens is 4. The zero-order chi connectivity index (χ0) is 20.2. The molecule has 1 heterocycles. The van der Waals surface area contributed by atoms with Gasteiger partial charge < -0.3 is 0 Å². The Balaban J connectivity index is 0.000000412. The van der Waals surface area contributed by atoms with Crippen LogP contribution in [0.2, 0.25) is 5.02 Å². The molecule has 0 fully saturated rings. The van der Waals surface area contributed by atoms with Crippen LogP contribution in [-0.4, -0.2) is 34.1 Å². The quantitative estimate of drug-likeness (QED) is 0.795. The molecule has 2 rings (SSSR count). The molecule has 0 amide bonds. The molecule has 1 N–H and O–H groups in total. The normalized spacial score (nSPS) is 17.4. The van der Waals surface area contributed by atoms with Crippen molar-refractivity contribution in [2.45, 2.75) is 23.5 Å². The number of hydrogen-bond donors (Lipinski definition) is 1. The van der Waals surface area contributed by atoms with Crippen LogP contribution in [0.15, 0.2) is 58.2 Å². The number of nitrogens with zero attached hydrogens (tertiary/aromatic N) is 1. The van der Waals surface area contributed by atoms with Crippen LogP contribution in [0.4, 0.5) is 13.2 Å². The van der Waals surface area contributed by atoms with Gasteiger partial charge in [-0.15, -0.1) is 0 Å². The topological polar surface area (TPSA) is 92.7 Å². The Morgan fingerprint density at radius 1 is 1.12 bits per heavy atom. The first kappa shape index (κ1) is 22.2. The number of rotatable bonds is 3. The molecule has 0 aliphatic carbocycles. The first-order valence-corrected chi connectivity index (χ1v) is 10.2. The highest BCUT2D eigenvalue weighted by atomic mass is 35.5. The van der Waals surface area contributed by atoms with Gasteiger partial charge in [-0.25, -0.2) is 16.8 Å². The summed E-state index contributed by atoms with van der Waals surface area (Å²) in [6.07, 6.45) is -5.25. The minimum absolute atomic E-state index is 0.139. The van der Waals surface area contributed by atoms with Gasteiger partial charge in [-0.1, -0.05) is 24.8 Å². The predicted molar refractivity (Wildman–Crippen MR) is 93.0 cm³/mol. The van der Waals surface area contributed by atoms with Crippen molar-refractivity contribution >= 4 is 36.3 Å². The minimum atomic E-state index is -4.54. The highest BCUT2D eigenvalue weighted by Crippen LogP contribution is 2.28. The van der Waals surface area contributed by atoms with E-state index in [0.717, 1.165) is 10.8 Å². The standard InChI is InChI=1S/C10H8ClF3N2O2S.C4H6O2S/c11-6-1-3-7(4-2-6)19(17,18)9-5-8(15-16-9)10(12,13)14;1-3-7(5,6)4-2/h1-4,8,15H,5H2;3-4H,1-2H2. The van der Waals surface area contributed by atoms with Crippen molar-refractivity contribution in [2.75, 3.05) is 0 Å². The summed E-state index contributed by atoms with van der Waals surface area (Å²) in [5.41, 5.74) is 1.79. The molecule has 144 valence electrons. The summed E-state index contributed by atoms with van der Waals surface area (Å²) in [4.78, 5) is -0.139. The zero-order valence-electron chi connectivity index (χ0n) is 13.1. The Bertz CT molecular complexity index is 895. The molecule has 6 nitrogen and oxygen atoms in total. The van der Waals surface area contributed by atoms with E-state index in [9.17, 15) is 30.0 Å². The van der Waals surface area contributed by atoms with Crippen molar-refractivity contribution in [3.8, 4) is 0 Å². The third kappa shape index (κ3) is 5.85. The summed E-state index contributed by atoms with van der Waals surface area (Å²) in [7, 11) is -7.15. The number of alkyl halides is 3. The van der Waals surface area contributed by atoms with Gasteiger partial charge in [-0.05, 0) is 24.3 Å². The van der Waals surface area contributed by atoms with Gasteiger partial charge in [0.05, 0.1) is 4.90 Å². The zero-order valence-corrected chi connectivity index (χ0v) is 15.5. The van der Waals surface area contributed by atoms with E-state index < -0.39 is 43.4 Å². The summed E-state index contributed by atoms with van der Waals surface area (Å²) in [5, 5.41) is 4.78. The van der Waals surface area contributed by atoms with Crippen LogP contribution in [0.25, 0.3) is 0 Å². The Labute approximate surface area is 153 Å². The fourth-order valence-corrected chi connectivity index (χ4v) is 3.18. The van der Waals surface area contributed by atoms with Crippen LogP contribution < -0.4 is 5.43 Å². The van der Waals surface area contributed by atoms with Crippen molar-refractivity contribution in [3.63, 3.8) is 0 Å². The molecular weight excluding hydrogens is 417 g/mol. The lowest BCUT2D eigenvalue weighted by atomic mass is 10.2. The van der Waals surface area contributed by atoms with E-state index in [4.69, 9.17) is 11.6 Å². The third-order valence-electron chi connectivity index (χ3n) is 3.02. The summed E-state index contributed by atoms with van der Waals surface area (Å²) < 4.78 is 81.6. The SMILES string of the molecule is C=CS(=O)(=O)C=C.O=S(=O)(C1=NNC(C(F)(F)F)C1)c1ccc(Cl)cc1. The summed E-state index contributed by atoms with van der Waals surface area (Å²) in [6, 6.07) is 3.17. The highest BCUT2D eigenvalue weighted by Gasteiger charge is 2.45. The molecule has 1 aliphatic heterocycles. The van der Waals surface area contributed by atoms with Crippen molar-refractivity contribution in [3.05, 3.63) is 53.3 Å². The number of sulfone groups is 2. The minimum Gasteiger partial charge on any atom is -0.296 e. The fourth-order valence-electron chi connectivity index (χ4n) is 1.59. The maximum atomic E-state index is 12.4. The summed E-state index contributed by atoms with van der Waals surface area (Å²) >= 11 is 5.62. The Kier molecular flexibility index (Phi) is 7.02. The van der Waals surface area contributed by atoms with Gasteiger partial charge in [-0.3, -0.25) is 5.43 Å². The maximum absolute atomic E-state index is 12.4. The molecule has 0 bridgehead atoms. The van der Waals surface area contributed by atoms with Crippen molar-refractivity contribution < 1.29 is 30.0 Å². The van der Waals surface area contributed by atoms with Gasteiger partial charge in [-0.2, -0.15) is 18.3 Å². The van der Waals surface area contributed by atoms with E-state index >= 15 is 0 Å². The fraction of sp³-hybridized carbons (Fsp3) is 0.214. The summed E-state index contributed by atoms with van der Waals surface area (Å²) in [6.45, 7) is 6.09. The predicted octanol–water partition coefficient (Wildman–Crippen LogP) is 3.04. The van der Waals surface area contributed by atoms with E-state index in [1.54, 1.807) is 5.43 Å². The van der Waals surface area contributed by atoms with E-state index in [2.05, 4.69) is 18.3 Å². The number of hydrazone groups is 1. The van der Waals surface area contributed by atoms with E-state index in [1.807, 2.05) is 0 Å². The second-order valence-electron chi connectivity index (χ2n) is 4.81. The molecule has 1 unspecified atom stereocenters. The van der Waals surface area contributed by atoms with E-state index in [-0.39, 0.29) is 4.90 Å². The van der Waals surface area contributed by atoms with Gasteiger partial charge >= 0.3 is 6.18 Å². The van der Waals surface area contributed by atoms with Gasteiger partial charge in [0, 0.05) is 22.3 Å². The molecule has 26 heavy (non-hydrogen) atoms. The second-order valence-corrected chi connectivity index (χ2v) is 9.04. The van der Waals surface area contributed by atoms with E-state index in [0.29, 0.717) is 5.02 Å². The molecule has 0 spiro atoms. The molecule has 0 saturated heterocycles. The first-order valence-electron chi connectivity index (χ1n) is 6.73. The lowest BCUT2D eigenvalue weighted by molar-refractivity contribution is -0.151. The molecule has 0 aromatic heterocycles.